The van der Waals surface area contributed by atoms with Gasteiger partial charge in [0.2, 0.25) is 0 Å². The molecule has 0 aromatic carbocycles. The summed E-state index contributed by atoms with van der Waals surface area (Å²) in [7, 11) is 0. The van der Waals surface area contributed by atoms with Gasteiger partial charge in [0.15, 0.2) is 0 Å². The number of aromatic nitrogens is 1. The SMILES string of the molecule is CC(C)(C)OC(=O)N[C@@](C)(CC=C(F)F)c1cc(Br)ccn1. The molecule has 4 nitrogen and oxygen atoms in total. The molecule has 0 aliphatic heterocycles. The molecule has 1 aromatic rings. The van der Waals surface area contributed by atoms with Crippen LogP contribution in [0.2, 0.25) is 0 Å². The number of ether oxygens (including phenoxy) is 1. The highest BCUT2D eigenvalue weighted by Gasteiger charge is 2.31. The standard InChI is InChI=1S/C15H19BrF2N2O2/c1-14(2,3)22-13(21)20-15(4,7-5-12(17)18)11-9-10(16)6-8-19-11/h5-6,8-9H,7H2,1-4H3,(H,20,21)/t15-/m0/s1. The minimum Gasteiger partial charge on any atom is -0.444 e. The van der Waals surface area contributed by atoms with E-state index in [0.29, 0.717) is 5.69 Å². The number of nitrogens with zero attached hydrogens (tertiary/aromatic N) is 1. The molecule has 122 valence electrons. The third kappa shape index (κ3) is 6.09. The van der Waals surface area contributed by atoms with Crippen molar-refractivity contribution in [2.24, 2.45) is 0 Å². The molecule has 0 fully saturated rings. The van der Waals surface area contributed by atoms with E-state index in [-0.39, 0.29) is 6.42 Å². The molecule has 0 saturated carbocycles. The van der Waals surface area contributed by atoms with E-state index in [1.54, 1.807) is 39.8 Å². The predicted molar refractivity (Wildman–Crippen MR) is 83.6 cm³/mol. The van der Waals surface area contributed by atoms with Crippen LogP contribution < -0.4 is 5.32 Å². The second-order valence-corrected chi connectivity index (χ2v) is 6.93. The van der Waals surface area contributed by atoms with E-state index in [4.69, 9.17) is 4.74 Å². The van der Waals surface area contributed by atoms with E-state index >= 15 is 0 Å². The molecule has 1 N–H and O–H groups in total. The Balaban J connectivity index is 3.06. The maximum absolute atomic E-state index is 12.5. The van der Waals surface area contributed by atoms with Crippen LogP contribution in [0.15, 0.2) is 35.0 Å². The molecule has 1 aromatic heterocycles. The first-order chi connectivity index (χ1) is 10.0. The van der Waals surface area contributed by atoms with E-state index in [2.05, 4.69) is 26.2 Å². The quantitative estimate of drug-likeness (QED) is 0.824. The highest BCUT2D eigenvalue weighted by atomic mass is 79.9. The number of alkyl carbamates (subject to hydrolysis) is 1. The van der Waals surface area contributed by atoms with Crippen molar-refractivity contribution in [1.29, 1.82) is 0 Å². The van der Waals surface area contributed by atoms with E-state index in [1.165, 1.54) is 6.20 Å². The maximum Gasteiger partial charge on any atom is 0.408 e. The maximum atomic E-state index is 12.5. The number of hydrogen-bond donors (Lipinski definition) is 1. The Morgan fingerprint density at radius 2 is 2.05 bits per heavy atom. The van der Waals surface area contributed by atoms with Crippen LogP contribution >= 0.6 is 15.9 Å². The number of pyridine rings is 1. The van der Waals surface area contributed by atoms with Gasteiger partial charge in [-0.25, -0.2) is 4.79 Å². The molecule has 1 amide bonds. The van der Waals surface area contributed by atoms with Crippen LogP contribution in [0.5, 0.6) is 0 Å². The van der Waals surface area contributed by atoms with Gasteiger partial charge in [-0.2, -0.15) is 8.78 Å². The predicted octanol–water partition coefficient (Wildman–Crippen LogP) is 4.75. The molecule has 0 aliphatic carbocycles. The minimum absolute atomic E-state index is 0.113. The summed E-state index contributed by atoms with van der Waals surface area (Å²) in [6, 6.07) is 3.38. The van der Waals surface area contributed by atoms with Gasteiger partial charge in [-0.05, 0) is 52.3 Å². The van der Waals surface area contributed by atoms with Crippen molar-refractivity contribution < 1.29 is 18.3 Å². The molecule has 0 saturated heterocycles. The van der Waals surface area contributed by atoms with Crippen LogP contribution in [-0.2, 0) is 10.3 Å². The van der Waals surface area contributed by atoms with Gasteiger partial charge in [0.05, 0.1) is 11.2 Å². The third-order valence-corrected chi connectivity index (χ3v) is 3.22. The second kappa shape index (κ2) is 7.17. The van der Waals surface area contributed by atoms with Gasteiger partial charge in [0.25, 0.3) is 6.08 Å². The normalized spacial score (nSPS) is 14.0. The molecule has 22 heavy (non-hydrogen) atoms. The van der Waals surface area contributed by atoms with Crippen LogP contribution in [0.1, 0.15) is 39.8 Å². The van der Waals surface area contributed by atoms with Crippen molar-refractivity contribution >= 4 is 22.0 Å². The van der Waals surface area contributed by atoms with Gasteiger partial charge in [-0.3, -0.25) is 4.98 Å². The summed E-state index contributed by atoms with van der Waals surface area (Å²) in [5, 5.41) is 2.63. The summed E-state index contributed by atoms with van der Waals surface area (Å²) in [4.78, 5) is 16.2. The smallest absolute Gasteiger partial charge is 0.408 e. The number of nitrogens with one attached hydrogen (secondary N) is 1. The second-order valence-electron chi connectivity index (χ2n) is 6.02. The van der Waals surface area contributed by atoms with Crippen LogP contribution in [0.25, 0.3) is 0 Å². The van der Waals surface area contributed by atoms with Crippen molar-refractivity contribution in [1.82, 2.24) is 10.3 Å². The minimum atomic E-state index is -1.81. The van der Waals surface area contributed by atoms with Crippen LogP contribution in [-0.4, -0.2) is 16.7 Å². The molecule has 0 unspecified atom stereocenters. The summed E-state index contributed by atoms with van der Waals surface area (Å²) >= 11 is 3.30. The van der Waals surface area contributed by atoms with E-state index < -0.39 is 23.3 Å². The van der Waals surface area contributed by atoms with Crippen molar-refractivity contribution in [3.63, 3.8) is 0 Å². The molecule has 0 spiro atoms. The Kier molecular flexibility index (Phi) is 6.05. The van der Waals surface area contributed by atoms with Crippen molar-refractivity contribution in [3.05, 3.63) is 40.7 Å². The van der Waals surface area contributed by atoms with Gasteiger partial charge in [0.1, 0.15) is 5.60 Å². The van der Waals surface area contributed by atoms with Gasteiger partial charge in [0, 0.05) is 10.7 Å². The summed E-state index contributed by atoms with van der Waals surface area (Å²) in [5.74, 6) is 0. The highest BCUT2D eigenvalue weighted by Crippen LogP contribution is 2.27. The van der Waals surface area contributed by atoms with Gasteiger partial charge >= 0.3 is 6.09 Å². The fourth-order valence-corrected chi connectivity index (χ4v) is 2.07. The summed E-state index contributed by atoms with van der Waals surface area (Å²) in [5.41, 5.74) is -1.35. The molecule has 0 bridgehead atoms. The molecule has 0 aliphatic rings. The number of hydrogen-bond acceptors (Lipinski definition) is 3. The van der Waals surface area contributed by atoms with Gasteiger partial charge < -0.3 is 10.1 Å². The van der Waals surface area contributed by atoms with Crippen molar-refractivity contribution in [3.8, 4) is 0 Å². The summed E-state index contributed by atoms with van der Waals surface area (Å²) < 4.78 is 30.8. The first-order valence-corrected chi connectivity index (χ1v) is 7.45. The van der Waals surface area contributed by atoms with Crippen LogP contribution in [0, 0.1) is 0 Å². The average molecular weight is 377 g/mol. The lowest BCUT2D eigenvalue weighted by Gasteiger charge is -2.31. The fraction of sp³-hybridized carbons (Fsp3) is 0.467. The Morgan fingerprint density at radius 1 is 1.41 bits per heavy atom. The monoisotopic (exact) mass is 376 g/mol. The zero-order chi connectivity index (χ0) is 17.0. The first kappa shape index (κ1) is 18.5. The third-order valence-electron chi connectivity index (χ3n) is 2.73. The topological polar surface area (TPSA) is 51.2 Å². The molecular formula is C15H19BrF2N2O2. The van der Waals surface area contributed by atoms with E-state index in [1.807, 2.05) is 0 Å². The number of carbonyl (C=O) groups excluding carboxylic acids is 1. The molecule has 1 heterocycles. The Hall–Kier alpha value is -1.50. The molecule has 1 rings (SSSR count). The van der Waals surface area contributed by atoms with Crippen molar-refractivity contribution in [2.75, 3.05) is 0 Å². The number of amides is 1. The lowest BCUT2D eigenvalue weighted by atomic mass is 9.93. The van der Waals surface area contributed by atoms with Gasteiger partial charge in [-0.1, -0.05) is 15.9 Å². The van der Waals surface area contributed by atoms with E-state index in [0.717, 1.165) is 10.5 Å². The van der Waals surface area contributed by atoms with Gasteiger partial charge in [-0.15, -0.1) is 0 Å². The fourth-order valence-electron chi connectivity index (χ4n) is 1.74. The van der Waals surface area contributed by atoms with E-state index in [9.17, 15) is 13.6 Å². The Bertz CT molecular complexity index is 569. The number of rotatable bonds is 4. The molecule has 1 atom stereocenters. The summed E-state index contributed by atoms with van der Waals surface area (Å²) in [6.45, 7) is 6.79. The zero-order valence-corrected chi connectivity index (χ0v) is 14.5. The average Bonchev–Trinajstić information content (AvgIpc) is 2.34. The molecule has 0 radical (unpaired) electrons. The number of halogens is 3. The van der Waals surface area contributed by atoms with Crippen LogP contribution in [0.4, 0.5) is 13.6 Å². The Morgan fingerprint density at radius 3 is 2.55 bits per heavy atom. The lowest BCUT2D eigenvalue weighted by molar-refractivity contribution is 0.0459. The molecular weight excluding hydrogens is 358 g/mol. The highest BCUT2D eigenvalue weighted by molar-refractivity contribution is 9.10. The zero-order valence-electron chi connectivity index (χ0n) is 12.9. The summed E-state index contributed by atoms with van der Waals surface area (Å²) in [6.07, 6.45) is -0.335. The largest absolute Gasteiger partial charge is 0.444 e. The molecule has 7 heteroatoms. The van der Waals surface area contributed by atoms with Crippen LogP contribution in [0.3, 0.4) is 0 Å². The lowest BCUT2D eigenvalue weighted by Crippen LogP contribution is -2.46. The first-order valence-electron chi connectivity index (χ1n) is 6.66. The Labute approximate surface area is 137 Å². The number of carbonyl (C=O) groups is 1. The van der Waals surface area contributed by atoms with Crippen molar-refractivity contribution in [2.45, 2.75) is 45.3 Å².